The van der Waals surface area contributed by atoms with E-state index in [0.29, 0.717) is 6.42 Å². The summed E-state index contributed by atoms with van der Waals surface area (Å²) in [5, 5.41) is 4.48. The molecule has 1 atom stereocenters. The van der Waals surface area contributed by atoms with Crippen molar-refractivity contribution >= 4 is 5.71 Å². The van der Waals surface area contributed by atoms with Crippen LogP contribution >= 0.6 is 0 Å². The number of oxime groups is 1. The smallest absolute Gasteiger partial charge is 0.172 e. The Morgan fingerprint density at radius 2 is 1.54 bits per heavy atom. The van der Waals surface area contributed by atoms with Gasteiger partial charge >= 0.3 is 0 Å². The number of rotatable bonds is 5. The van der Waals surface area contributed by atoms with Crippen molar-refractivity contribution in [3.63, 3.8) is 0 Å². The molecule has 3 aromatic rings. The van der Waals surface area contributed by atoms with Crippen molar-refractivity contribution in [1.29, 1.82) is 0 Å². The molecule has 3 aromatic carbocycles. The highest BCUT2D eigenvalue weighted by Gasteiger charge is 2.42. The van der Waals surface area contributed by atoms with Gasteiger partial charge in [-0.25, -0.2) is 0 Å². The summed E-state index contributed by atoms with van der Waals surface area (Å²) in [4.78, 5) is 6.13. The summed E-state index contributed by atoms with van der Waals surface area (Å²) in [7, 11) is 1.68. The second kappa shape index (κ2) is 7.04. The summed E-state index contributed by atoms with van der Waals surface area (Å²) in [6.07, 6.45) is 1.46. The molecule has 1 heterocycles. The topological polar surface area (TPSA) is 30.8 Å². The molecule has 1 aliphatic heterocycles. The molecule has 1 unspecified atom stereocenters. The molecule has 0 radical (unpaired) electrons. The van der Waals surface area contributed by atoms with E-state index in [4.69, 9.17) is 9.57 Å². The Bertz CT molecular complexity index is 906. The van der Waals surface area contributed by atoms with E-state index >= 15 is 0 Å². The van der Waals surface area contributed by atoms with E-state index in [9.17, 15) is 0 Å². The van der Waals surface area contributed by atoms with Crippen LogP contribution in [-0.4, -0.2) is 12.8 Å². The van der Waals surface area contributed by atoms with Gasteiger partial charge in [-0.2, -0.15) is 0 Å². The molecule has 0 bridgehead atoms. The van der Waals surface area contributed by atoms with Gasteiger partial charge in [-0.1, -0.05) is 78.0 Å². The highest BCUT2D eigenvalue weighted by Crippen LogP contribution is 2.40. The lowest BCUT2D eigenvalue weighted by Crippen LogP contribution is -2.29. The third-order valence-electron chi connectivity index (χ3n) is 4.83. The van der Waals surface area contributed by atoms with Crippen LogP contribution in [0, 0.1) is 0 Å². The van der Waals surface area contributed by atoms with Crippen LogP contribution in [-0.2, 0) is 16.9 Å². The van der Waals surface area contributed by atoms with Crippen LogP contribution in [0.3, 0.4) is 0 Å². The average molecular weight is 343 g/mol. The lowest BCUT2D eigenvalue weighted by atomic mass is 9.82. The first-order chi connectivity index (χ1) is 12.8. The van der Waals surface area contributed by atoms with Crippen molar-refractivity contribution in [1.82, 2.24) is 0 Å². The summed E-state index contributed by atoms with van der Waals surface area (Å²) in [6.45, 7) is 0. The molecule has 0 fully saturated rings. The van der Waals surface area contributed by atoms with E-state index in [-0.39, 0.29) is 0 Å². The van der Waals surface area contributed by atoms with Crippen molar-refractivity contribution in [3.05, 3.63) is 102 Å². The molecule has 0 saturated heterocycles. The van der Waals surface area contributed by atoms with Crippen molar-refractivity contribution in [3.8, 4) is 5.75 Å². The summed E-state index contributed by atoms with van der Waals surface area (Å²) >= 11 is 0. The van der Waals surface area contributed by atoms with Crippen LogP contribution in [0.15, 0.2) is 90.1 Å². The van der Waals surface area contributed by atoms with Crippen LogP contribution in [0.5, 0.6) is 5.75 Å². The van der Waals surface area contributed by atoms with Gasteiger partial charge in [-0.15, -0.1) is 0 Å². The standard InChI is InChI=1S/C23H21NO2/c1-25-22-15-9-8-14-20(22)21-17-23(26-24-21,19-12-6-3-7-13-19)16-18-10-4-2-5-11-18/h2-15H,16-17H2,1H3. The Hall–Kier alpha value is -3.07. The first-order valence-electron chi connectivity index (χ1n) is 8.79. The van der Waals surface area contributed by atoms with E-state index < -0.39 is 5.60 Å². The second-order valence-electron chi connectivity index (χ2n) is 6.53. The van der Waals surface area contributed by atoms with Crippen LogP contribution in [0.25, 0.3) is 0 Å². The maximum Gasteiger partial charge on any atom is 0.172 e. The van der Waals surface area contributed by atoms with E-state index in [1.807, 2.05) is 48.5 Å². The zero-order chi connectivity index (χ0) is 17.8. The van der Waals surface area contributed by atoms with Crippen molar-refractivity contribution < 1.29 is 9.57 Å². The number of nitrogens with zero attached hydrogens (tertiary/aromatic N) is 1. The van der Waals surface area contributed by atoms with E-state index in [2.05, 4.69) is 41.6 Å². The Morgan fingerprint density at radius 3 is 2.27 bits per heavy atom. The Morgan fingerprint density at radius 1 is 0.885 bits per heavy atom. The predicted molar refractivity (Wildman–Crippen MR) is 103 cm³/mol. The van der Waals surface area contributed by atoms with Gasteiger partial charge in [0, 0.05) is 18.4 Å². The number of hydrogen-bond donors (Lipinski definition) is 0. The highest BCUT2D eigenvalue weighted by molar-refractivity contribution is 6.04. The fourth-order valence-electron chi connectivity index (χ4n) is 3.52. The van der Waals surface area contributed by atoms with Gasteiger partial charge in [0.25, 0.3) is 0 Å². The Labute approximate surface area is 153 Å². The van der Waals surface area contributed by atoms with Gasteiger partial charge in [0.15, 0.2) is 5.60 Å². The van der Waals surface area contributed by atoms with Crippen molar-refractivity contribution in [2.75, 3.05) is 7.11 Å². The molecule has 0 spiro atoms. The quantitative estimate of drug-likeness (QED) is 0.656. The molecular weight excluding hydrogens is 322 g/mol. The number of benzene rings is 3. The third kappa shape index (κ3) is 3.08. The number of ether oxygens (including phenoxy) is 1. The van der Waals surface area contributed by atoms with Crippen molar-refractivity contribution in [2.24, 2.45) is 5.16 Å². The lowest BCUT2D eigenvalue weighted by molar-refractivity contribution is -0.0230. The number of methoxy groups -OCH3 is 1. The minimum atomic E-state index is -0.501. The van der Waals surface area contributed by atoms with Crippen LogP contribution < -0.4 is 4.74 Å². The lowest BCUT2D eigenvalue weighted by Gasteiger charge is -2.27. The molecule has 3 nitrogen and oxygen atoms in total. The van der Waals surface area contributed by atoms with Gasteiger partial charge in [-0.05, 0) is 23.3 Å². The molecule has 26 heavy (non-hydrogen) atoms. The normalized spacial score (nSPS) is 18.9. The molecule has 0 N–H and O–H groups in total. The van der Waals surface area contributed by atoms with Gasteiger partial charge < -0.3 is 9.57 Å². The zero-order valence-corrected chi connectivity index (χ0v) is 14.8. The molecule has 0 aromatic heterocycles. The van der Waals surface area contributed by atoms with Crippen LogP contribution in [0.2, 0.25) is 0 Å². The zero-order valence-electron chi connectivity index (χ0n) is 14.8. The molecule has 0 amide bonds. The summed E-state index contributed by atoms with van der Waals surface area (Å²) < 4.78 is 5.51. The second-order valence-corrected chi connectivity index (χ2v) is 6.53. The summed E-state index contributed by atoms with van der Waals surface area (Å²) in [5.74, 6) is 0.818. The Kier molecular flexibility index (Phi) is 4.44. The first-order valence-corrected chi connectivity index (χ1v) is 8.79. The van der Waals surface area contributed by atoms with Crippen molar-refractivity contribution in [2.45, 2.75) is 18.4 Å². The van der Waals surface area contributed by atoms with Crippen LogP contribution in [0.4, 0.5) is 0 Å². The molecule has 4 rings (SSSR count). The molecule has 3 heteroatoms. The molecule has 0 aliphatic carbocycles. The highest BCUT2D eigenvalue weighted by atomic mass is 16.7. The van der Waals surface area contributed by atoms with E-state index in [1.165, 1.54) is 5.56 Å². The maximum absolute atomic E-state index is 6.13. The average Bonchev–Trinajstić information content (AvgIpc) is 3.14. The fraction of sp³-hybridized carbons (Fsp3) is 0.174. The largest absolute Gasteiger partial charge is 0.496 e. The fourth-order valence-corrected chi connectivity index (χ4v) is 3.52. The minimum Gasteiger partial charge on any atom is -0.496 e. The van der Waals surface area contributed by atoms with Crippen LogP contribution in [0.1, 0.15) is 23.1 Å². The van der Waals surface area contributed by atoms with Gasteiger partial charge in [0.1, 0.15) is 5.75 Å². The number of para-hydroxylation sites is 1. The molecule has 0 saturated carbocycles. The van der Waals surface area contributed by atoms with Gasteiger partial charge in [0.2, 0.25) is 0 Å². The van der Waals surface area contributed by atoms with Gasteiger partial charge in [0.05, 0.1) is 12.8 Å². The summed E-state index contributed by atoms with van der Waals surface area (Å²) in [5.41, 5.74) is 3.77. The minimum absolute atomic E-state index is 0.501. The van der Waals surface area contributed by atoms with E-state index in [0.717, 1.165) is 29.0 Å². The Balaban J connectivity index is 1.71. The third-order valence-corrected chi connectivity index (χ3v) is 4.83. The molecular formula is C23H21NO2. The molecule has 130 valence electrons. The summed E-state index contributed by atoms with van der Waals surface area (Å²) in [6, 6.07) is 28.7. The monoisotopic (exact) mass is 343 g/mol. The van der Waals surface area contributed by atoms with Gasteiger partial charge in [-0.3, -0.25) is 0 Å². The van der Waals surface area contributed by atoms with E-state index in [1.54, 1.807) is 7.11 Å². The number of hydrogen-bond acceptors (Lipinski definition) is 3. The maximum atomic E-state index is 6.13. The molecule has 1 aliphatic rings. The predicted octanol–water partition coefficient (Wildman–Crippen LogP) is 4.96. The first kappa shape index (κ1) is 16.4. The SMILES string of the molecule is COc1ccccc1C1=NOC(Cc2ccccc2)(c2ccccc2)C1.